The summed E-state index contributed by atoms with van der Waals surface area (Å²) in [6.45, 7) is 13.3. The number of aliphatic hydroxyl groups is 1. The van der Waals surface area contributed by atoms with Crippen LogP contribution in [0.25, 0.3) is 11.0 Å². The van der Waals surface area contributed by atoms with Crippen LogP contribution in [-0.2, 0) is 0 Å². The smallest absolute Gasteiger partial charge is 0.202 e. The maximum absolute atomic E-state index is 13.5. The lowest BCUT2D eigenvalue weighted by Crippen LogP contribution is -2.38. The van der Waals surface area contributed by atoms with Crippen LogP contribution in [0, 0.1) is 19.3 Å². The van der Waals surface area contributed by atoms with Crippen LogP contribution in [0.4, 0.5) is 11.6 Å². The largest absolute Gasteiger partial charge is 0.440 e. The molecule has 2 aromatic carbocycles. The molecule has 1 N–H and O–H groups in total. The van der Waals surface area contributed by atoms with Gasteiger partial charge < -0.3 is 19.3 Å². The third-order valence-corrected chi connectivity index (χ3v) is 7.94. The third-order valence-electron chi connectivity index (χ3n) is 7.94. The van der Waals surface area contributed by atoms with E-state index in [0.29, 0.717) is 28.4 Å². The van der Waals surface area contributed by atoms with Crippen LogP contribution in [-0.4, -0.2) is 24.7 Å². The van der Waals surface area contributed by atoms with Gasteiger partial charge in [0.25, 0.3) is 0 Å². The number of aryl methyl sites for hydroxylation is 1. The molecule has 5 rings (SSSR count). The normalized spacial score (nSPS) is 20.9. The zero-order valence-corrected chi connectivity index (χ0v) is 21.0. The van der Waals surface area contributed by atoms with Gasteiger partial charge in [-0.1, -0.05) is 38.1 Å². The maximum atomic E-state index is 13.5. The number of para-hydroxylation sites is 1. The third kappa shape index (κ3) is 3.90. The first-order valence-electron chi connectivity index (χ1n) is 12.5. The Morgan fingerprint density at radius 2 is 1.79 bits per heavy atom. The summed E-state index contributed by atoms with van der Waals surface area (Å²) in [5, 5.41) is 11.2. The molecule has 0 bridgehead atoms. The van der Waals surface area contributed by atoms with Crippen LogP contribution in [0.2, 0.25) is 0 Å². The van der Waals surface area contributed by atoms with E-state index in [1.54, 1.807) is 0 Å². The zero-order valence-electron chi connectivity index (χ0n) is 21.0. The molecule has 34 heavy (non-hydrogen) atoms. The van der Waals surface area contributed by atoms with E-state index in [-0.39, 0.29) is 11.5 Å². The van der Waals surface area contributed by atoms with E-state index in [1.165, 1.54) is 0 Å². The Morgan fingerprint density at radius 1 is 1.09 bits per heavy atom. The zero-order chi connectivity index (χ0) is 24.2. The van der Waals surface area contributed by atoms with Crippen molar-refractivity contribution in [3.63, 3.8) is 0 Å². The molecule has 3 heterocycles. The highest BCUT2D eigenvalue weighted by atomic mass is 16.4. The Morgan fingerprint density at radius 3 is 2.53 bits per heavy atom. The average Bonchev–Trinajstić information content (AvgIpc) is 2.81. The van der Waals surface area contributed by atoms with Crippen molar-refractivity contribution in [1.29, 1.82) is 0 Å². The molecule has 0 spiro atoms. The van der Waals surface area contributed by atoms with E-state index in [1.807, 2.05) is 38.1 Å². The molecule has 180 valence electrons. The van der Waals surface area contributed by atoms with Gasteiger partial charge in [-0.3, -0.25) is 4.79 Å². The number of anilines is 2. The first-order chi connectivity index (χ1) is 16.2. The minimum Gasteiger partial charge on any atom is -0.440 e. The Hall–Kier alpha value is -2.79. The summed E-state index contributed by atoms with van der Waals surface area (Å²) in [6, 6.07) is 12.2. The van der Waals surface area contributed by atoms with E-state index < -0.39 is 6.10 Å². The summed E-state index contributed by atoms with van der Waals surface area (Å²) in [5.74, 6) is 0.722. The second-order valence-corrected chi connectivity index (χ2v) is 11.0. The van der Waals surface area contributed by atoms with E-state index in [4.69, 9.17) is 4.42 Å². The number of nitrogens with zero attached hydrogens (tertiary/aromatic N) is 2. The number of rotatable bonds is 3. The summed E-state index contributed by atoms with van der Waals surface area (Å²) < 4.78 is 6.64. The predicted molar refractivity (Wildman–Crippen MR) is 139 cm³/mol. The van der Waals surface area contributed by atoms with Crippen LogP contribution >= 0.6 is 0 Å². The summed E-state index contributed by atoms with van der Waals surface area (Å²) in [6.07, 6.45) is 2.41. The van der Waals surface area contributed by atoms with E-state index >= 15 is 0 Å². The monoisotopic (exact) mass is 460 g/mol. The number of hydrogen-bond acceptors (Lipinski definition) is 5. The molecule has 0 radical (unpaired) electrons. The van der Waals surface area contributed by atoms with Crippen molar-refractivity contribution in [2.45, 2.75) is 66.0 Å². The number of hydrogen-bond donors (Lipinski definition) is 1. The van der Waals surface area contributed by atoms with E-state index in [0.717, 1.165) is 60.7 Å². The molecule has 5 heteroatoms. The molecule has 3 aromatic rings. The molecule has 2 aliphatic rings. The molecule has 1 unspecified atom stereocenters. The quantitative estimate of drug-likeness (QED) is 0.516. The Bertz CT molecular complexity index is 1280. The van der Waals surface area contributed by atoms with Crippen molar-refractivity contribution in [2.24, 2.45) is 5.41 Å². The summed E-state index contributed by atoms with van der Waals surface area (Å²) >= 11 is 0. The molecular weight excluding hydrogens is 424 g/mol. The summed E-state index contributed by atoms with van der Waals surface area (Å²) in [7, 11) is 0. The maximum Gasteiger partial charge on any atom is 0.202 e. The van der Waals surface area contributed by atoms with Crippen LogP contribution in [0.3, 0.4) is 0 Å². The highest BCUT2D eigenvalue weighted by Crippen LogP contribution is 2.41. The molecule has 0 amide bonds. The van der Waals surface area contributed by atoms with Crippen LogP contribution < -0.4 is 15.2 Å². The van der Waals surface area contributed by atoms with Crippen molar-refractivity contribution in [2.75, 3.05) is 29.4 Å². The van der Waals surface area contributed by atoms with Gasteiger partial charge in [-0.05, 0) is 63.1 Å². The molecule has 1 fully saturated rings. The Balaban J connectivity index is 1.63. The highest BCUT2D eigenvalue weighted by molar-refractivity contribution is 5.84. The van der Waals surface area contributed by atoms with Crippen molar-refractivity contribution in [3.8, 4) is 0 Å². The number of piperidine rings is 1. The molecule has 5 nitrogen and oxygen atoms in total. The van der Waals surface area contributed by atoms with Gasteiger partial charge in [0.15, 0.2) is 5.43 Å². The van der Waals surface area contributed by atoms with Crippen LogP contribution in [0.5, 0.6) is 0 Å². The predicted octanol–water partition coefficient (Wildman–Crippen LogP) is 6.04. The number of aliphatic hydroxyl groups excluding tert-OH is 1. The fourth-order valence-electron chi connectivity index (χ4n) is 5.62. The lowest BCUT2D eigenvalue weighted by molar-refractivity contribution is 0.163. The topological polar surface area (TPSA) is 56.9 Å². The summed E-state index contributed by atoms with van der Waals surface area (Å²) in [5.41, 5.74) is 5.87. The van der Waals surface area contributed by atoms with E-state index in [2.05, 4.69) is 42.7 Å². The second-order valence-electron chi connectivity index (χ2n) is 11.0. The van der Waals surface area contributed by atoms with Gasteiger partial charge in [0, 0.05) is 36.4 Å². The van der Waals surface area contributed by atoms with Gasteiger partial charge in [0.2, 0.25) is 5.88 Å². The van der Waals surface area contributed by atoms with Gasteiger partial charge in [-0.15, -0.1) is 0 Å². The molecule has 0 saturated carbocycles. The Kier molecular flexibility index (Phi) is 5.71. The number of benzene rings is 2. The molecule has 0 aliphatic carbocycles. The minimum atomic E-state index is -0.440. The lowest BCUT2D eigenvalue weighted by atomic mass is 9.82. The molecule has 2 atom stereocenters. The van der Waals surface area contributed by atoms with Gasteiger partial charge >= 0.3 is 0 Å². The average molecular weight is 461 g/mol. The van der Waals surface area contributed by atoms with Gasteiger partial charge in [0.05, 0.1) is 23.1 Å². The van der Waals surface area contributed by atoms with Crippen LogP contribution in [0.15, 0.2) is 45.6 Å². The Labute approximate surface area is 202 Å². The fraction of sp³-hybridized carbons (Fsp3) is 0.483. The standard InChI is InChI=1S/C29H36N2O3/c1-18-16-22(20(3)31-13-10-25(32)21-8-6-7-9-24(21)31)27-23(17-18)26(33)19(2)28(34-27)30-14-11-29(4,5)12-15-30/h6-9,16-17,20,25,32H,10-15H2,1-5H3/t20?,25-/m0/s1. The van der Waals surface area contributed by atoms with Crippen LogP contribution in [0.1, 0.15) is 74.4 Å². The van der Waals surface area contributed by atoms with Crippen molar-refractivity contribution < 1.29 is 9.52 Å². The second kappa shape index (κ2) is 8.46. The minimum absolute atomic E-state index is 0.00459. The number of fused-ring (bicyclic) bond motifs is 2. The molecule has 1 aromatic heterocycles. The lowest BCUT2D eigenvalue weighted by Gasteiger charge is -2.39. The van der Waals surface area contributed by atoms with Gasteiger partial charge in [-0.2, -0.15) is 0 Å². The first-order valence-corrected chi connectivity index (χ1v) is 12.5. The SMILES string of the molecule is Cc1cc(C(C)N2CC[C@H](O)c3ccccc32)c2oc(N3CCC(C)(C)CC3)c(C)c(=O)c2c1. The van der Waals surface area contributed by atoms with Crippen molar-refractivity contribution in [1.82, 2.24) is 0 Å². The molecule has 1 saturated heterocycles. The van der Waals surface area contributed by atoms with Gasteiger partial charge in [0.1, 0.15) is 5.58 Å². The molecule has 2 aliphatic heterocycles. The first kappa shape index (κ1) is 23.0. The van der Waals surface area contributed by atoms with Crippen molar-refractivity contribution in [3.05, 3.63) is 68.9 Å². The van der Waals surface area contributed by atoms with E-state index in [9.17, 15) is 9.90 Å². The fourth-order valence-corrected chi connectivity index (χ4v) is 5.62. The van der Waals surface area contributed by atoms with Gasteiger partial charge in [-0.25, -0.2) is 0 Å². The molecular formula is C29H36N2O3. The summed E-state index contributed by atoms with van der Waals surface area (Å²) in [4.78, 5) is 18.1. The van der Waals surface area contributed by atoms with Crippen molar-refractivity contribution >= 4 is 22.5 Å². The highest BCUT2D eigenvalue weighted by Gasteiger charge is 2.31.